The number of para-hydroxylation sites is 1. The van der Waals surface area contributed by atoms with Gasteiger partial charge in [-0.25, -0.2) is 0 Å². The van der Waals surface area contributed by atoms with E-state index >= 15 is 0 Å². The summed E-state index contributed by atoms with van der Waals surface area (Å²) in [6.07, 6.45) is 2.63. The Morgan fingerprint density at radius 1 is 0.833 bits per heavy atom. The molecule has 0 bridgehead atoms. The zero-order valence-electron chi connectivity index (χ0n) is 16.8. The number of hydrogen-bond donors (Lipinski definition) is 0. The molecule has 0 fully saturated rings. The molecule has 0 heterocycles. The van der Waals surface area contributed by atoms with Gasteiger partial charge in [-0.15, -0.1) is 0 Å². The molecule has 24 heavy (non-hydrogen) atoms. The second-order valence-electron chi connectivity index (χ2n) is 8.17. The Bertz CT molecular complexity index is 432. The molecule has 3 nitrogen and oxygen atoms in total. The van der Waals surface area contributed by atoms with Crippen LogP contribution in [-0.4, -0.2) is 44.1 Å². The summed E-state index contributed by atoms with van der Waals surface area (Å²) in [6, 6.07) is 10.5. The van der Waals surface area contributed by atoms with E-state index in [1.807, 2.05) is 30.3 Å². The van der Waals surface area contributed by atoms with Crippen molar-refractivity contribution in [2.75, 3.05) is 27.3 Å². The third-order valence-corrected chi connectivity index (χ3v) is 4.82. The molecule has 0 aliphatic carbocycles. The summed E-state index contributed by atoms with van der Waals surface area (Å²) >= 11 is 0. The first-order chi connectivity index (χ1) is 11.2. The van der Waals surface area contributed by atoms with E-state index in [1.165, 1.54) is 12.8 Å². The van der Waals surface area contributed by atoms with E-state index < -0.39 is 0 Å². The maximum atomic E-state index is 6.12. The van der Waals surface area contributed by atoms with Crippen LogP contribution in [-0.2, 0) is 4.74 Å². The second kappa shape index (κ2) is 10.0. The molecular formula is C21H38NO2+. The van der Waals surface area contributed by atoms with Crippen molar-refractivity contribution < 1.29 is 14.0 Å². The predicted octanol–water partition coefficient (Wildman–Crippen LogP) is 4.97. The molecule has 1 aromatic carbocycles. The normalized spacial score (nSPS) is 13.8. The Balaban J connectivity index is 2.50. The van der Waals surface area contributed by atoms with E-state index in [1.54, 1.807) is 0 Å². The van der Waals surface area contributed by atoms with E-state index in [2.05, 4.69) is 48.7 Å². The van der Waals surface area contributed by atoms with Crippen molar-refractivity contribution in [1.29, 1.82) is 0 Å². The summed E-state index contributed by atoms with van der Waals surface area (Å²) in [6.45, 7) is 12.6. The third-order valence-electron chi connectivity index (χ3n) is 4.82. The van der Waals surface area contributed by atoms with Crippen LogP contribution in [0.15, 0.2) is 30.3 Å². The molecule has 1 atom stereocenters. The zero-order valence-corrected chi connectivity index (χ0v) is 16.8. The third kappa shape index (κ3) is 7.23. The topological polar surface area (TPSA) is 18.5 Å². The van der Waals surface area contributed by atoms with Crippen LogP contribution in [0.3, 0.4) is 0 Å². The maximum absolute atomic E-state index is 6.12. The summed E-state index contributed by atoms with van der Waals surface area (Å²) in [5.41, 5.74) is 0. The molecule has 0 saturated carbocycles. The average molecular weight is 337 g/mol. The lowest BCUT2D eigenvalue weighted by Crippen LogP contribution is -2.56. The van der Waals surface area contributed by atoms with Gasteiger partial charge in [0.1, 0.15) is 12.4 Å². The molecule has 138 valence electrons. The van der Waals surface area contributed by atoms with Crippen molar-refractivity contribution in [3.63, 3.8) is 0 Å². The molecule has 1 rings (SSSR count). The standard InChI is InChI=1S/C21H38NO2/c1-17(2)15-20(16-18(3)4)22(6,7)19(5)23-13-14-24-21-11-9-8-10-12-21/h8-12,17-20H,13-16H2,1-7H3/q+1. The van der Waals surface area contributed by atoms with Gasteiger partial charge in [0.15, 0.2) is 6.23 Å². The van der Waals surface area contributed by atoms with E-state index in [-0.39, 0.29) is 6.23 Å². The van der Waals surface area contributed by atoms with Crippen LogP contribution in [0, 0.1) is 11.8 Å². The Hall–Kier alpha value is -1.06. The molecule has 0 aliphatic heterocycles. The Kier molecular flexibility index (Phi) is 8.79. The first-order valence-corrected chi connectivity index (χ1v) is 9.36. The molecule has 0 saturated heterocycles. The number of nitrogens with zero attached hydrogens (tertiary/aromatic N) is 1. The Labute approximate surface area is 149 Å². The molecule has 0 radical (unpaired) electrons. The van der Waals surface area contributed by atoms with Crippen molar-refractivity contribution >= 4 is 0 Å². The SMILES string of the molecule is CC(C)CC(CC(C)C)[N+](C)(C)C(C)OCCOc1ccccc1. The summed E-state index contributed by atoms with van der Waals surface area (Å²) in [4.78, 5) is 0. The van der Waals surface area contributed by atoms with Crippen LogP contribution in [0.4, 0.5) is 0 Å². The van der Waals surface area contributed by atoms with Crippen LogP contribution >= 0.6 is 0 Å². The van der Waals surface area contributed by atoms with Gasteiger partial charge in [-0.2, -0.15) is 0 Å². The summed E-state index contributed by atoms with van der Waals surface area (Å²) in [5, 5.41) is 0. The van der Waals surface area contributed by atoms with Crippen LogP contribution in [0.2, 0.25) is 0 Å². The van der Waals surface area contributed by atoms with Crippen LogP contribution in [0.1, 0.15) is 47.5 Å². The lowest BCUT2D eigenvalue weighted by atomic mass is 9.93. The van der Waals surface area contributed by atoms with E-state index in [0.29, 0.717) is 31.1 Å². The molecule has 0 amide bonds. The fourth-order valence-corrected chi connectivity index (χ4v) is 3.11. The largest absolute Gasteiger partial charge is 0.491 e. The smallest absolute Gasteiger partial charge is 0.190 e. The quantitative estimate of drug-likeness (QED) is 0.323. The van der Waals surface area contributed by atoms with Gasteiger partial charge < -0.3 is 14.0 Å². The van der Waals surface area contributed by atoms with Crippen LogP contribution in [0.25, 0.3) is 0 Å². The highest BCUT2D eigenvalue weighted by atomic mass is 16.5. The number of quaternary nitrogens is 1. The first kappa shape index (κ1) is 21.0. The lowest BCUT2D eigenvalue weighted by Gasteiger charge is -2.43. The van der Waals surface area contributed by atoms with Crippen LogP contribution < -0.4 is 4.74 Å². The number of rotatable bonds is 11. The molecule has 0 spiro atoms. The van der Waals surface area contributed by atoms with Crippen molar-refractivity contribution in [1.82, 2.24) is 0 Å². The van der Waals surface area contributed by atoms with E-state index in [0.717, 1.165) is 10.2 Å². The molecule has 0 N–H and O–H groups in total. The average Bonchev–Trinajstić information content (AvgIpc) is 2.50. The van der Waals surface area contributed by atoms with E-state index in [9.17, 15) is 0 Å². The monoisotopic (exact) mass is 336 g/mol. The summed E-state index contributed by atoms with van der Waals surface area (Å²) in [5.74, 6) is 2.32. The van der Waals surface area contributed by atoms with Gasteiger partial charge in [-0.3, -0.25) is 0 Å². The highest BCUT2D eigenvalue weighted by Gasteiger charge is 2.35. The van der Waals surface area contributed by atoms with Crippen LogP contribution in [0.5, 0.6) is 5.75 Å². The summed E-state index contributed by atoms with van der Waals surface area (Å²) < 4.78 is 12.8. The van der Waals surface area contributed by atoms with Gasteiger partial charge in [-0.05, 0) is 24.0 Å². The van der Waals surface area contributed by atoms with E-state index in [4.69, 9.17) is 9.47 Å². The van der Waals surface area contributed by atoms with Crippen molar-refractivity contribution in [2.45, 2.75) is 59.7 Å². The van der Waals surface area contributed by atoms with Crippen molar-refractivity contribution in [2.24, 2.45) is 11.8 Å². The van der Waals surface area contributed by atoms with Gasteiger partial charge >= 0.3 is 0 Å². The second-order valence-corrected chi connectivity index (χ2v) is 8.17. The Morgan fingerprint density at radius 2 is 1.38 bits per heavy atom. The minimum atomic E-state index is 0.159. The fraction of sp³-hybridized carbons (Fsp3) is 0.714. The van der Waals surface area contributed by atoms with Crippen molar-refractivity contribution in [3.05, 3.63) is 30.3 Å². The van der Waals surface area contributed by atoms with Gasteiger partial charge in [0, 0.05) is 19.8 Å². The minimum Gasteiger partial charge on any atom is -0.491 e. The van der Waals surface area contributed by atoms with Gasteiger partial charge in [0.05, 0.1) is 26.7 Å². The predicted molar refractivity (Wildman–Crippen MR) is 102 cm³/mol. The molecule has 1 unspecified atom stereocenters. The molecule has 3 heteroatoms. The number of ether oxygens (including phenoxy) is 2. The van der Waals surface area contributed by atoms with Gasteiger partial charge in [0.25, 0.3) is 0 Å². The molecule has 1 aromatic rings. The highest BCUT2D eigenvalue weighted by molar-refractivity contribution is 5.20. The Morgan fingerprint density at radius 3 is 1.88 bits per heavy atom. The molecular weight excluding hydrogens is 298 g/mol. The molecule has 0 aliphatic rings. The highest BCUT2D eigenvalue weighted by Crippen LogP contribution is 2.26. The number of benzene rings is 1. The molecule has 0 aromatic heterocycles. The van der Waals surface area contributed by atoms with Gasteiger partial charge in [0.2, 0.25) is 0 Å². The number of hydrogen-bond acceptors (Lipinski definition) is 2. The first-order valence-electron chi connectivity index (χ1n) is 9.36. The summed E-state index contributed by atoms with van der Waals surface area (Å²) in [7, 11) is 4.61. The lowest BCUT2D eigenvalue weighted by molar-refractivity contribution is -0.959. The van der Waals surface area contributed by atoms with Gasteiger partial charge in [-0.1, -0.05) is 45.9 Å². The maximum Gasteiger partial charge on any atom is 0.190 e. The van der Waals surface area contributed by atoms with Crippen molar-refractivity contribution in [3.8, 4) is 5.75 Å². The minimum absolute atomic E-state index is 0.159. The fourth-order valence-electron chi connectivity index (χ4n) is 3.11. The zero-order chi connectivity index (χ0) is 18.2.